The molecular formula is C19H23NO5S. The minimum atomic E-state index is -3.77. The molecule has 1 N–H and O–H groups in total. The second kappa shape index (κ2) is 8.82. The van der Waals surface area contributed by atoms with Crippen LogP contribution in [0.3, 0.4) is 0 Å². The van der Waals surface area contributed by atoms with E-state index >= 15 is 0 Å². The summed E-state index contributed by atoms with van der Waals surface area (Å²) in [6.07, 6.45) is 0. The van der Waals surface area contributed by atoms with Crippen molar-refractivity contribution in [1.29, 1.82) is 0 Å². The number of carbonyl (C=O) groups excluding carboxylic acids is 1. The van der Waals surface area contributed by atoms with Gasteiger partial charge in [-0.05, 0) is 50.1 Å². The van der Waals surface area contributed by atoms with Crippen LogP contribution in [0, 0.1) is 20.8 Å². The molecule has 0 bridgehead atoms. The van der Waals surface area contributed by atoms with Crippen LogP contribution in [-0.2, 0) is 19.6 Å². The Labute approximate surface area is 154 Å². The van der Waals surface area contributed by atoms with E-state index in [-0.39, 0.29) is 18.1 Å². The largest absolute Gasteiger partial charge is 0.490 e. The molecule has 26 heavy (non-hydrogen) atoms. The molecule has 2 rings (SSSR count). The van der Waals surface area contributed by atoms with E-state index in [4.69, 9.17) is 9.47 Å². The maximum Gasteiger partial charge on any atom is 0.321 e. The molecule has 140 valence electrons. The van der Waals surface area contributed by atoms with Gasteiger partial charge in [-0.1, -0.05) is 29.8 Å². The minimum Gasteiger partial charge on any atom is -0.490 e. The average Bonchev–Trinajstić information content (AvgIpc) is 2.60. The summed E-state index contributed by atoms with van der Waals surface area (Å²) in [7, 11) is -3.77. The third-order valence-electron chi connectivity index (χ3n) is 3.68. The predicted octanol–water partition coefficient (Wildman–Crippen LogP) is 2.51. The zero-order chi connectivity index (χ0) is 19.2. The SMILES string of the molecule is Cc1ccc(OCCOC(=O)CNS(=O)(=O)c2cc(C)ccc2C)cc1. The Kier molecular flexibility index (Phi) is 6.76. The zero-order valence-corrected chi connectivity index (χ0v) is 15.9. The molecule has 0 amide bonds. The molecule has 0 aliphatic carbocycles. The average molecular weight is 377 g/mol. The number of aryl methyl sites for hydroxylation is 3. The molecule has 2 aromatic rings. The second-order valence-corrected chi connectivity index (χ2v) is 7.71. The number of hydrogen-bond donors (Lipinski definition) is 1. The second-order valence-electron chi connectivity index (χ2n) is 5.98. The third-order valence-corrected chi connectivity index (χ3v) is 5.22. The number of rotatable bonds is 8. The van der Waals surface area contributed by atoms with E-state index < -0.39 is 22.5 Å². The van der Waals surface area contributed by atoms with Crippen LogP contribution in [0.25, 0.3) is 0 Å². The molecule has 7 heteroatoms. The molecule has 0 fully saturated rings. The summed E-state index contributed by atoms with van der Waals surface area (Å²) >= 11 is 0. The van der Waals surface area contributed by atoms with Gasteiger partial charge in [0.15, 0.2) is 0 Å². The summed E-state index contributed by atoms with van der Waals surface area (Å²) in [6.45, 7) is 5.29. The highest BCUT2D eigenvalue weighted by molar-refractivity contribution is 7.89. The Balaban J connectivity index is 1.77. The molecule has 0 spiro atoms. The van der Waals surface area contributed by atoms with E-state index in [1.54, 1.807) is 26.0 Å². The van der Waals surface area contributed by atoms with Crippen molar-refractivity contribution in [2.24, 2.45) is 0 Å². The summed E-state index contributed by atoms with van der Waals surface area (Å²) in [5.41, 5.74) is 2.56. The van der Waals surface area contributed by atoms with Crippen LogP contribution in [0.4, 0.5) is 0 Å². The van der Waals surface area contributed by atoms with E-state index in [9.17, 15) is 13.2 Å². The maximum absolute atomic E-state index is 12.3. The first-order valence-corrected chi connectivity index (χ1v) is 9.68. The number of nitrogens with one attached hydrogen (secondary N) is 1. The molecule has 0 unspecified atom stereocenters. The molecule has 0 aliphatic rings. The number of ether oxygens (including phenoxy) is 2. The first-order chi connectivity index (χ1) is 12.3. The van der Waals surface area contributed by atoms with Crippen molar-refractivity contribution in [1.82, 2.24) is 4.72 Å². The lowest BCUT2D eigenvalue weighted by atomic mass is 10.2. The normalized spacial score (nSPS) is 11.2. The van der Waals surface area contributed by atoms with Crippen LogP contribution in [0.1, 0.15) is 16.7 Å². The monoisotopic (exact) mass is 377 g/mol. The van der Waals surface area contributed by atoms with Crippen molar-refractivity contribution in [2.45, 2.75) is 25.7 Å². The Morgan fingerprint density at radius 3 is 2.31 bits per heavy atom. The Bertz CT molecular complexity index is 860. The van der Waals surface area contributed by atoms with Crippen LogP contribution in [-0.4, -0.2) is 34.1 Å². The van der Waals surface area contributed by atoms with Crippen LogP contribution < -0.4 is 9.46 Å². The van der Waals surface area contributed by atoms with Crippen LogP contribution in [0.5, 0.6) is 5.75 Å². The number of esters is 1. The lowest BCUT2D eigenvalue weighted by molar-refractivity contribution is -0.142. The first kappa shape index (κ1) is 19.9. The fourth-order valence-electron chi connectivity index (χ4n) is 2.23. The third kappa shape index (κ3) is 5.86. The van der Waals surface area contributed by atoms with Gasteiger partial charge in [0.1, 0.15) is 25.5 Å². The van der Waals surface area contributed by atoms with Gasteiger partial charge in [0.2, 0.25) is 10.0 Å². The lowest BCUT2D eigenvalue weighted by Crippen LogP contribution is -2.31. The molecule has 0 aliphatic heterocycles. The van der Waals surface area contributed by atoms with E-state index in [0.717, 1.165) is 11.1 Å². The number of hydrogen-bond acceptors (Lipinski definition) is 5. The van der Waals surface area contributed by atoms with E-state index in [1.165, 1.54) is 0 Å². The van der Waals surface area contributed by atoms with Crippen molar-refractivity contribution in [3.63, 3.8) is 0 Å². The molecule has 6 nitrogen and oxygen atoms in total. The number of sulfonamides is 1. The smallest absolute Gasteiger partial charge is 0.321 e. The van der Waals surface area contributed by atoms with Gasteiger partial charge in [-0.3, -0.25) is 4.79 Å². The number of benzene rings is 2. The van der Waals surface area contributed by atoms with Gasteiger partial charge in [-0.25, -0.2) is 8.42 Å². The molecule has 0 heterocycles. The van der Waals surface area contributed by atoms with E-state index in [1.807, 2.05) is 37.3 Å². The summed E-state index contributed by atoms with van der Waals surface area (Å²) in [6, 6.07) is 12.6. The number of carbonyl (C=O) groups is 1. The zero-order valence-electron chi connectivity index (χ0n) is 15.1. The molecule has 0 aromatic heterocycles. The maximum atomic E-state index is 12.3. The van der Waals surface area contributed by atoms with Gasteiger partial charge in [0, 0.05) is 0 Å². The summed E-state index contributed by atoms with van der Waals surface area (Å²) in [5.74, 6) is 0.0219. The topological polar surface area (TPSA) is 81.7 Å². The molecule has 0 saturated heterocycles. The first-order valence-electron chi connectivity index (χ1n) is 8.20. The van der Waals surface area contributed by atoms with Crippen molar-refractivity contribution >= 4 is 16.0 Å². The van der Waals surface area contributed by atoms with Gasteiger partial charge in [-0.2, -0.15) is 4.72 Å². The van der Waals surface area contributed by atoms with Gasteiger partial charge in [-0.15, -0.1) is 0 Å². The van der Waals surface area contributed by atoms with Gasteiger partial charge in [0.25, 0.3) is 0 Å². The van der Waals surface area contributed by atoms with Crippen LogP contribution >= 0.6 is 0 Å². The van der Waals surface area contributed by atoms with Crippen molar-refractivity contribution < 1.29 is 22.7 Å². The van der Waals surface area contributed by atoms with Crippen molar-refractivity contribution in [3.8, 4) is 5.75 Å². The van der Waals surface area contributed by atoms with Gasteiger partial charge < -0.3 is 9.47 Å². The Morgan fingerprint density at radius 1 is 0.962 bits per heavy atom. The van der Waals surface area contributed by atoms with Crippen LogP contribution in [0.2, 0.25) is 0 Å². The quantitative estimate of drug-likeness (QED) is 0.565. The highest BCUT2D eigenvalue weighted by Gasteiger charge is 2.18. The Morgan fingerprint density at radius 2 is 1.62 bits per heavy atom. The molecule has 0 saturated carbocycles. The van der Waals surface area contributed by atoms with Crippen molar-refractivity contribution in [2.75, 3.05) is 19.8 Å². The highest BCUT2D eigenvalue weighted by Crippen LogP contribution is 2.16. The summed E-state index contributed by atoms with van der Waals surface area (Å²) in [4.78, 5) is 11.9. The van der Waals surface area contributed by atoms with E-state index in [2.05, 4.69) is 4.72 Å². The lowest BCUT2D eigenvalue weighted by Gasteiger charge is -2.10. The summed E-state index contributed by atoms with van der Waals surface area (Å²) in [5, 5.41) is 0. The molecule has 0 radical (unpaired) electrons. The fourth-order valence-corrected chi connectivity index (χ4v) is 3.53. The molecule has 0 atom stereocenters. The predicted molar refractivity (Wildman–Crippen MR) is 98.7 cm³/mol. The van der Waals surface area contributed by atoms with Crippen molar-refractivity contribution in [3.05, 3.63) is 59.2 Å². The van der Waals surface area contributed by atoms with Gasteiger partial charge in [0.05, 0.1) is 4.90 Å². The summed E-state index contributed by atoms with van der Waals surface area (Å²) < 4.78 is 37.3. The van der Waals surface area contributed by atoms with Crippen LogP contribution in [0.15, 0.2) is 47.4 Å². The minimum absolute atomic E-state index is 0.0396. The van der Waals surface area contributed by atoms with E-state index in [0.29, 0.717) is 11.3 Å². The molecular weight excluding hydrogens is 354 g/mol. The fraction of sp³-hybridized carbons (Fsp3) is 0.316. The van der Waals surface area contributed by atoms with Gasteiger partial charge >= 0.3 is 5.97 Å². The highest BCUT2D eigenvalue weighted by atomic mass is 32.2. The Hall–Kier alpha value is -2.38. The molecule has 2 aromatic carbocycles. The standard InChI is InChI=1S/C19H23NO5S/c1-14-5-8-17(9-6-14)24-10-11-25-19(21)13-20-26(22,23)18-12-15(2)4-7-16(18)3/h4-9,12,20H,10-11,13H2,1-3H3.